The average Bonchev–Trinajstić information content (AvgIpc) is 3.47. The first-order valence-corrected chi connectivity index (χ1v) is 13.0. The summed E-state index contributed by atoms with van der Waals surface area (Å²) in [5.41, 5.74) is 4.92. The fraction of sp³-hybridized carbons (Fsp3) is 0.423. The zero-order valence-electron chi connectivity index (χ0n) is 20.4. The molecule has 7 nitrogen and oxygen atoms in total. The molecule has 192 valence electrons. The van der Waals surface area contributed by atoms with E-state index < -0.39 is 23.8 Å². The maximum Gasteiger partial charge on any atom is 0.410 e. The lowest BCUT2D eigenvalue weighted by Crippen LogP contribution is -2.49. The van der Waals surface area contributed by atoms with Gasteiger partial charge in [0.25, 0.3) is 0 Å². The Bertz CT molecular complexity index is 1160. The SMILES string of the molecule is CC(C)(C)OC(=O)N1CCCC1C(=O)NC(C1=NNC(c2ccc(Cl)cc2)C1)c1ccc(Cl)cc1Cl. The van der Waals surface area contributed by atoms with E-state index in [0.29, 0.717) is 52.2 Å². The molecular weight excluding hydrogens is 523 g/mol. The number of likely N-dealkylation sites (tertiary alicyclic amines) is 1. The van der Waals surface area contributed by atoms with Crippen LogP contribution in [0.5, 0.6) is 0 Å². The van der Waals surface area contributed by atoms with E-state index in [0.717, 1.165) is 5.56 Å². The zero-order valence-corrected chi connectivity index (χ0v) is 22.6. The summed E-state index contributed by atoms with van der Waals surface area (Å²) in [4.78, 5) is 27.8. The van der Waals surface area contributed by atoms with Crippen molar-refractivity contribution in [2.24, 2.45) is 5.10 Å². The van der Waals surface area contributed by atoms with Crippen LogP contribution in [0, 0.1) is 0 Å². The molecule has 2 aliphatic heterocycles. The number of amides is 2. The number of nitrogens with zero attached hydrogens (tertiary/aromatic N) is 2. The van der Waals surface area contributed by atoms with Crippen molar-refractivity contribution < 1.29 is 14.3 Å². The zero-order chi connectivity index (χ0) is 26.0. The van der Waals surface area contributed by atoms with Crippen LogP contribution in [0.4, 0.5) is 4.79 Å². The van der Waals surface area contributed by atoms with E-state index in [1.165, 1.54) is 4.90 Å². The number of benzene rings is 2. The third-order valence-electron chi connectivity index (χ3n) is 6.13. The summed E-state index contributed by atoms with van der Waals surface area (Å²) >= 11 is 18.7. The highest BCUT2D eigenvalue weighted by Crippen LogP contribution is 2.33. The van der Waals surface area contributed by atoms with Gasteiger partial charge in [0.2, 0.25) is 5.91 Å². The molecule has 10 heteroatoms. The van der Waals surface area contributed by atoms with Crippen LogP contribution < -0.4 is 10.7 Å². The minimum atomic E-state index is -0.652. The molecular formula is C26H29Cl3N4O3. The fourth-order valence-electron chi connectivity index (χ4n) is 4.42. The second kappa shape index (κ2) is 10.9. The normalized spacial score (nSPS) is 20.5. The van der Waals surface area contributed by atoms with Crippen LogP contribution in [0.3, 0.4) is 0 Å². The van der Waals surface area contributed by atoms with Crippen molar-refractivity contribution in [2.45, 2.75) is 63.8 Å². The molecule has 3 atom stereocenters. The average molecular weight is 552 g/mol. The predicted molar refractivity (Wildman–Crippen MR) is 143 cm³/mol. The molecule has 3 unspecified atom stereocenters. The van der Waals surface area contributed by atoms with Gasteiger partial charge in [-0.05, 0) is 69.0 Å². The van der Waals surface area contributed by atoms with E-state index in [-0.39, 0.29) is 11.9 Å². The van der Waals surface area contributed by atoms with Crippen LogP contribution in [0.2, 0.25) is 15.1 Å². The highest BCUT2D eigenvalue weighted by molar-refractivity contribution is 6.35. The number of rotatable bonds is 5. The molecule has 2 aromatic rings. The number of hydrazone groups is 1. The number of hydrogen-bond donors (Lipinski definition) is 2. The Hall–Kier alpha value is -2.48. The molecule has 2 heterocycles. The molecule has 0 bridgehead atoms. The van der Waals surface area contributed by atoms with E-state index in [1.807, 2.05) is 24.3 Å². The van der Waals surface area contributed by atoms with E-state index in [1.54, 1.807) is 39.0 Å². The lowest BCUT2D eigenvalue weighted by atomic mass is 9.95. The van der Waals surface area contributed by atoms with Crippen LogP contribution in [0.25, 0.3) is 0 Å². The largest absolute Gasteiger partial charge is 0.444 e. The van der Waals surface area contributed by atoms with Crippen molar-refractivity contribution in [1.82, 2.24) is 15.6 Å². The van der Waals surface area contributed by atoms with E-state index in [9.17, 15) is 9.59 Å². The molecule has 2 N–H and O–H groups in total. The minimum absolute atomic E-state index is 0.0764. The van der Waals surface area contributed by atoms with Gasteiger partial charge in [0.15, 0.2) is 0 Å². The van der Waals surface area contributed by atoms with Crippen LogP contribution in [0.1, 0.15) is 63.2 Å². The Balaban J connectivity index is 1.56. The summed E-state index contributed by atoms with van der Waals surface area (Å²) in [6.45, 7) is 5.87. The summed E-state index contributed by atoms with van der Waals surface area (Å²) in [5.74, 6) is -0.285. The van der Waals surface area contributed by atoms with Crippen molar-refractivity contribution in [3.8, 4) is 0 Å². The topological polar surface area (TPSA) is 83.0 Å². The van der Waals surface area contributed by atoms with Gasteiger partial charge in [-0.15, -0.1) is 0 Å². The lowest BCUT2D eigenvalue weighted by Gasteiger charge is -2.29. The Morgan fingerprint density at radius 3 is 2.47 bits per heavy atom. The standard InChI is InChI=1S/C26H29Cl3N4O3/c1-26(2,3)36-25(35)33-12-4-5-22(33)24(34)30-23(18-11-10-17(28)13-19(18)29)21-14-20(31-32-21)15-6-8-16(27)9-7-15/h6-11,13,20,22-23,31H,4-5,12,14H2,1-3H3,(H,30,34). The van der Waals surface area contributed by atoms with Crippen LogP contribution >= 0.6 is 34.8 Å². The number of carbonyl (C=O) groups is 2. The molecule has 0 radical (unpaired) electrons. The Morgan fingerprint density at radius 1 is 1.11 bits per heavy atom. The molecule has 1 fully saturated rings. The van der Waals surface area contributed by atoms with E-state index in [2.05, 4.69) is 15.8 Å². The number of halogens is 3. The van der Waals surface area contributed by atoms with E-state index >= 15 is 0 Å². The second-order valence-corrected chi connectivity index (χ2v) is 11.3. The first-order valence-electron chi connectivity index (χ1n) is 11.8. The molecule has 0 spiro atoms. The molecule has 36 heavy (non-hydrogen) atoms. The molecule has 4 rings (SSSR count). The summed E-state index contributed by atoms with van der Waals surface area (Å²) in [5, 5.41) is 9.22. The maximum absolute atomic E-state index is 13.5. The van der Waals surface area contributed by atoms with Gasteiger partial charge in [0, 0.05) is 28.0 Å². The summed E-state index contributed by atoms with van der Waals surface area (Å²) in [6.07, 6.45) is 1.31. The van der Waals surface area contributed by atoms with Gasteiger partial charge in [-0.3, -0.25) is 9.69 Å². The molecule has 0 aromatic heterocycles. The highest BCUT2D eigenvalue weighted by atomic mass is 35.5. The van der Waals surface area contributed by atoms with Gasteiger partial charge < -0.3 is 15.5 Å². The predicted octanol–water partition coefficient (Wildman–Crippen LogP) is 6.29. The summed E-state index contributed by atoms with van der Waals surface area (Å²) in [7, 11) is 0. The molecule has 0 aliphatic carbocycles. The molecule has 2 amide bonds. The quantitative estimate of drug-likeness (QED) is 0.457. The van der Waals surface area contributed by atoms with Gasteiger partial charge in [-0.2, -0.15) is 5.10 Å². The van der Waals surface area contributed by atoms with Gasteiger partial charge >= 0.3 is 6.09 Å². The first-order chi connectivity index (χ1) is 17.0. The number of hydrogen-bond acceptors (Lipinski definition) is 5. The van der Waals surface area contributed by atoms with Gasteiger partial charge in [0.05, 0.1) is 17.8 Å². The molecule has 2 aromatic carbocycles. The monoisotopic (exact) mass is 550 g/mol. The fourth-order valence-corrected chi connectivity index (χ4v) is 5.07. The van der Waals surface area contributed by atoms with E-state index in [4.69, 9.17) is 39.5 Å². The third kappa shape index (κ3) is 6.25. The maximum atomic E-state index is 13.5. The summed E-state index contributed by atoms with van der Waals surface area (Å²) in [6, 6.07) is 11.4. The number of carbonyl (C=O) groups excluding carboxylic acids is 2. The van der Waals surface area contributed by atoms with Crippen LogP contribution in [0.15, 0.2) is 47.6 Å². The smallest absolute Gasteiger partial charge is 0.410 e. The Labute approximate surface area is 226 Å². The van der Waals surface area contributed by atoms with Gasteiger partial charge in [-0.25, -0.2) is 4.79 Å². The van der Waals surface area contributed by atoms with Crippen LogP contribution in [-0.2, 0) is 9.53 Å². The first kappa shape index (κ1) is 26.6. The molecule has 0 saturated carbocycles. The molecule has 1 saturated heterocycles. The third-order valence-corrected chi connectivity index (χ3v) is 6.94. The summed E-state index contributed by atoms with van der Waals surface area (Å²) < 4.78 is 5.52. The highest BCUT2D eigenvalue weighted by Gasteiger charge is 2.39. The minimum Gasteiger partial charge on any atom is -0.444 e. The van der Waals surface area contributed by atoms with Crippen molar-refractivity contribution >= 4 is 52.5 Å². The molecule has 2 aliphatic rings. The van der Waals surface area contributed by atoms with Crippen molar-refractivity contribution in [1.29, 1.82) is 0 Å². The number of ether oxygens (including phenoxy) is 1. The number of nitrogens with one attached hydrogen (secondary N) is 2. The van der Waals surface area contributed by atoms with Crippen molar-refractivity contribution in [3.05, 3.63) is 68.7 Å². The van der Waals surface area contributed by atoms with Crippen molar-refractivity contribution in [3.63, 3.8) is 0 Å². The van der Waals surface area contributed by atoms with Gasteiger partial charge in [-0.1, -0.05) is 53.0 Å². The second-order valence-electron chi connectivity index (χ2n) is 9.98. The Morgan fingerprint density at radius 2 is 1.81 bits per heavy atom. The Kier molecular flexibility index (Phi) is 8.03. The van der Waals surface area contributed by atoms with Gasteiger partial charge in [0.1, 0.15) is 11.6 Å². The lowest BCUT2D eigenvalue weighted by molar-refractivity contribution is -0.125. The van der Waals surface area contributed by atoms with Crippen LogP contribution in [-0.4, -0.2) is 40.8 Å². The van der Waals surface area contributed by atoms with Crippen molar-refractivity contribution in [2.75, 3.05) is 6.54 Å².